The zero-order valence-corrected chi connectivity index (χ0v) is 9.77. The van der Waals surface area contributed by atoms with Crippen LogP contribution in [0.4, 0.5) is 15.8 Å². The zero-order chi connectivity index (χ0) is 11.5. The normalized spacial score (nSPS) is 10.4. The summed E-state index contributed by atoms with van der Waals surface area (Å²) in [7, 11) is 0. The van der Waals surface area contributed by atoms with Crippen LogP contribution in [0.25, 0.3) is 0 Å². The van der Waals surface area contributed by atoms with Gasteiger partial charge in [0, 0.05) is 10.6 Å². The SMILES string of the molecule is Cc1ccc(NCc2sccc2N)c(F)c1. The Morgan fingerprint density at radius 1 is 1.38 bits per heavy atom. The van der Waals surface area contributed by atoms with Crippen LogP contribution in [0.1, 0.15) is 10.4 Å². The molecule has 16 heavy (non-hydrogen) atoms. The van der Waals surface area contributed by atoms with Gasteiger partial charge in [0.1, 0.15) is 5.82 Å². The second-order valence-electron chi connectivity index (χ2n) is 3.64. The lowest BCUT2D eigenvalue weighted by atomic mass is 10.2. The van der Waals surface area contributed by atoms with Crippen molar-refractivity contribution in [2.45, 2.75) is 13.5 Å². The summed E-state index contributed by atoms with van der Waals surface area (Å²) < 4.78 is 13.5. The minimum Gasteiger partial charge on any atom is -0.398 e. The molecule has 0 aliphatic carbocycles. The average Bonchev–Trinajstić information content (AvgIpc) is 2.63. The maximum atomic E-state index is 13.5. The van der Waals surface area contributed by atoms with Crippen molar-refractivity contribution in [3.05, 3.63) is 45.9 Å². The van der Waals surface area contributed by atoms with Crippen LogP contribution in [0.15, 0.2) is 29.6 Å². The average molecular weight is 236 g/mol. The van der Waals surface area contributed by atoms with Gasteiger partial charge < -0.3 is 11.1 Å². The lowest BCUT2D eigenvalue weighted by molar-refractivity contribution is 0.629. The Kier molecular flexibility index (Phi) is 3.10. The van der Waals surface area contributed by atoms with E-state index < -0.39 is 0 Å². The number of nitrogen functional groups attached to an aromatic ring is 1. The lowest BCUT2D eigenvalue weighted by Crippen LogP contribution is -2.01. The molecule has 1 aromatic heterocycles. The lowest BCUT2D eigenvalue weighted by Gasteiger charge is -2.07. The van der Waals surface area contributed by atoms with E-state index in [9.17, 15) is 4.39 Å². The summed E-state index contributed by atoms with van der Waals surface area (Å²) in [6.07, 6.45) is 0. The van der Waals surface area contributed by atoms with E-state index in [4.69, 9.17) is 5.73 Å². The van der Waals surface area contributed by atoms with Crippen LogP contribution in [0.3, 0.4) is 0 Å². The number of rotatable bonds is 3. The van der Waals surface area contributed by atoms with Crippen LogP contribution >= 0.6 is 11.3 Å². The van der Waals surface area contributed by atoms with E-state index in [1.165, 1.54) is 6.07 Å². The van der Waals surface area contributed by atoms with Gasteiger partial charge in [0.25, 0.3) is 0 Å². The number of anilines is 2. The number of nitrogens with two attached hydrogens (primary N) is 1. The fourth-order valence-corrected chi connectivity index (χ4v) is 2.17. The van der Waals surface area contributed by atoms with Crippen molar-refractivity contribution >= 4 is 22.7 Å². The molecule has 3 N–H and O–H groups in total. The van der Waals surface area contributed by atoms with Gasteiger partial charge in [-0.05, 0) is 36.1 Å². The van der Waals surface area contributed by atoms with E-state index in [2.05, 4.69) is 5.32 Å². The molecule has 4 heteroatoms. The molecule has 0 spiro atoms. The van der Waals surface area contributed by atoms with Crippen LogP contribution in [0, 0.1) is 12.7 Å². The summed E-state index contributed by atoms with van der Waals surface area (Å²) in [6, 6.07) is 6.99. The van der Waals surface area contributed by atoms with E-state index in [1.54, 1.807) is 17.4 Å². The molecule has 0 saturated heterocycles. The first-order chi connectivity index (χ1) is 7.66. The van der Waals surface area contributed by atoms with Gasteiger partial charge in [-0.2, -0.15) is 0 Å². The third-order valence-electron chi connectivity index (χ3n) is 2.34. The first-order valence-electron chi connectivity index (χ1n) is 4.98. The molecule has 0 aliphatic rings. The quantitative estimate of drug-likeness (QED) is 0.857. The topological polar surface area (TPSA) is 38.0 Å². The van der Waals surface area contributed by atoms with Gasteiger partial charge >= 0.3 is 0 Å². The van der Waals surface area contributed by atoms with Crippen LogP contribution in [0.5, 0.6) is 0 Å². The Morgan fingerprint density at radius 2 is 2.19 bits per heavy atom. The van der Waals surface area contributed by atoms with E-state index >= 15 is 0 Å². The highest BCUT2D eigenvalue weighted by Gasteiger charge is 2.04. The fraction of sp³-hybridized carbons (Fsp3) is 0.167. The van der Waals surface area contributed by atoms with Crippen molar-refractivity contribution in [2.75, 3.05) is 11.1 Å². The molecule has 2 aromatic rings. The summed E-state index contributed by atoms with van der Waals surface area (Å²) in [5.41, 5.74) is 7.93. The number of halogens is 1. The number of nitrogens with one attached hydrogen (secondary N) is 1. The Bertz CT molecular complexity index is 494. The molecule has 0 amide bonds. The highest BCUT2D eigenvalue weighted by molar-refractivity contribution is 7.10. The first-order valence-corrected chi connectivity index (χ1v) is 5.86. The standard InChI is InChI=1S/C12H13FN2S/c1-8-2-3-11(9(13)6-8)15-7-12-10(14)4-5-16-12/h2-6,15H,7,14H2,1H3. The molecule has 0 saturated carbocycles. The summed E-state index contributed by atoms with van der Waals surface area (Å²) in [5.74, 6) is -0.227. The first kappa shape index (κ1) is 11.0. The smallest absolute Gasteiger partial charge is 0.146 e. The number of hydrogen-bond acceptors (Lipinski definition) is 3. The zero-order valence-electron chi connectivity index (χ0n) is 8.96. The molecular weight excluding hydrogens is 223 g/mol. The molecule has 0 fully saturated rings. The number of aryl methyl sites for hydroxylation is 1. The predicted octanol–water partition coefficient (Wildman–Crippen LogP) is 3.39. The van der Waals surface area contributed by atoms with Crippen molar-refractivity contribution < 1.29 is 4.39 Å². The van der Waals surface area contributed by atoms with Gasteiger partial charge in [0.15, 0.2) is 0 Å². The van der Waals surface area contributed by atoms with Gasteiger partial charge in [-0.25, -0.2) is 4.39 Å². The molecule has 2 nitrogen and oxygen atoms in total. The van der Waals surface area contributed by atoms with Crippen LogP contribution < -0.4 is 11.1 Å². The van der Waals surface area contributed by atoms with Gasteiger partial charge in [0.2, 0.25) is 0 Å². The minimum atomic E-state index is -0.227. The Morgan fingerprint density at radius 3 is 2.81 bits per heavy atom. The third-order valence-corrected chi connectivity index (χ3v) is 3.28. The third kappa shape index (κ3) is 2.33. The molecule has 0 bridgehead atoms. The summed E-state index contributed by atoms with van der Waals surface area (Å²) in [4.78, 5) is 1.03. The second-order valence-corrected chi connectivity index (χ2v) is 4.64. The van der Waals surface area contributed by atoms with Crippen molar-refractivity contribution in [3.63, 3.8) is 0 Å². The van der Waals surface area contributed by atoms with Crippen LogP contribution in [0.2, 0.25) is 0 Å². The number of hydrogen-bond donors (Lipinski definition) is 2. The number of benzene rings is 1. The fourth-order valence-electron chi connectivity index (χ4n) is 1.43. The van der Waals surface area contributed by atoms with Crippen LogP contribution in [-0.4, -0.2) is 0 Å². The predicted molar refractivity (Wildman–Crippen MR) is 67.2 cm³/mol. The minimum absolute atomic E-state index is 0.227. The molecule has 84 valence electrons. The largest absolute Gasteiger partial charge is 0.398 e. The van der Waals surface area contributed by atoms with E-state index in [-0.39, 0.29) is 5.82 Å². The van der Waals surface area contributed by atoms with Crippen molar-refractivity contribution in [3.8, 4) is 0 Å². The monoisotopic (exact) mass is 236 g/mol. The molecule has 1 heterocycles. The molecular formula is C12H13FN2S. The van der Waals surface area contributed by atoms with Gasteiger partial charge in [-0.15, -0.1) is 11.3 Å². The van der Waals surface area contributed by atoms with E-state index in [0.29, 0.717) is 12.2 Å². The molecule has 0 aliphatic heterocycles. The maximum Gasteiger partial charge on any atom is 0.146 e. The molecule has 0 radical (unpaired) electrons. The summed E-state index contributed by atoms with van der Waals surface area (Å²) >= 11 is 1.57. The van der Waals surface area contributed by atoms with Gasteiger partial charge in [0.05, 0.1) is 12.2 Å². The summed E-state index contributed by atoms with van der Waals surface area (Å²) in [5, 5.41) is 4.97. The Balaban J connectivity index is 2.08. The van der Waals surface area contributed by atoms with Gasteiger partial charge in [-0.3, -0.25) is 0 Å². The Labute approximate surface area is 97.9 Å². The number of thiophene rings is 1. The van der Waals surface area contributed by atoms with Crippen molar-refractivity contribution in [2.24, 2.45) is 0 Å². The maximum absolute atomic E-state index is 13.5. The second kappa shape index (κ2) is 4.53. The van der Waals surface area contributed by atoms with Crippen molar-refractivity contribution in [1.82, 2.24) is 0 Å². The molecule has 1 aromatic carbocycles. The summed E-state index contributed by atoms with van der Waals surface area (Å²) in [6.45, 7) is 2.42. The molecule has 0 atom stereocenters. The van der Waals surface area contributed by atoms with E-state index in [1.807, 2.05) is 24.4 Å². The van der Waals surface area contributed by atoms with E-state index in [0.717, 1.165) is 16.1 Å². The Hall–Kier alpha value is -1.55. The highest BCUT2D eigenvalue weighted by Crippen LogP contribution is 2.21. The van der Waals surface area contributed by atoms with Crippen molar-refractivity contribution in [1.29, 1.82) is 0 Å². The molecule has 2 rings (SSSR count). The van der Waals surface area contributed by atoms with Crippen LogP contribution in [-0.2, 0) is 6.54 Å². The molecule has 0 unspecified atom stereocenters. The highest BCUT2D eigenvalue weighted by atomic mass is 32.1. The van der Waals surface area contributed by atoms with Gasteiger partial charge in [-0.1, -0.05) is 6.07 Å².